The van der Waals surface area contributed by atoms with Gasteiger partial charge in [-0.1, -0.05) is 27.5 Å². The molecule has 1 rings (SSSR count). The fourth-order valence-corrected chi connectivity index (χ4v) is 1.48. The van der Waals surface area contributed by atoms with Crippen molar-refractivity contribution < 1.29 is 4.79 Å². The van der Waals surface area contributed by atoms with E-state index in [1.165, 1.54) is 0 Å². The van der Waals surface area contributed by atoms with Crippen molar-refractivity contribution in [2.75, 3.05) is 0 Å². The maximum absolute atomic E-state index is 11.5. The number of alkyl halides is 2. The van der Waals surface area contributed by atoms with Crippen molar-refractivity contribution in [2.45, 2.75) is 17.1 Å². The van der Waals surface area contributed by atoms with Gasteiger partial charge in [0.25, 0.3) is 0 Å². The molecule has 0 aliphatic heterocycles. The van der Waals surface area contributed by atoms with Crippen LogP contribution in [0.2, 0.25) is 5.02 Å². The summed E-state index contributed by atoms with van der Waals surface area (Å²) in [5.41, 5.74) is 0.680. The Kier molecular flexibility index (Phi) is 4.93. The number of rotatable bonds is 4. The van der Waals surface area contributed by atoms with Crippen LogP contribution in [0.3, 0.4) is 0 Å². The Hall–Kier alpha value is -0.0500. The minimum absolute atomic E-state index is 0.0896. The van der Waals surface area contributed by atoms with Gasteiger partial charge in [0, 0.05) is 17.0 Å². The van der Waals surface area contributed by atoms with Gasteiger partial charge >= 0.3 is 0 Å². The standard InChI is InChI=1S/C10H9BrCl2O/c11-10(13)6-5-9(14)7-1-3-8(12)4-2-7/h1-4,10H,5-6H2. The molecule has 0 saturated heterocycles. The maximum atomic E-state index is 11.5. The molecule has 1 aromatic rings. The summed E-state index contributed by atoms with van der Waals surface area (Å²) in [6, 6.07) is 6.87. The van der Waals surface area contributed by atoms with Crippen LogP contribution in [0.1, 0.15) is 23.2 Å². The first-order valence-electron chi connectivity index (χ1n) is 4.16. The van der Waals surface area contributed by atoms with E-state index in [0.29, 0.717) is 23.4 Å². The van der Waals surface area contributed by atoms with Crippen molar-refractivity contribution in [3.05, 3.63) is 34.9 Å². The first-order chi connectivity index (χ1) is 6.59. The number of hydrogen-bond donors (Lipinski definition) is 0. The van der Waals surface area contributed by atoms with Gasteiger partial charge in [-0.2, -0.15) is 0 Å². The number of benzene rings is 1. The molecule has 1 nitrogen and oxygen atoms in total. The van der Waals surface area contributed by atoms with Crippen LogP contribution in [-0.2, 0) is 0 Å². The molecule has 1 unspecified atom stereocenters. The second-order valence-electron chi connectivity index (χ2n) is 2.86. The third kappa shape index (κ3) is 3.99. The van der Waals surface area contributed by atoms with Gasteiger partial charge in [0.2, 0.25) is 0 Å². The molecule has 0 spiro atoms. The third-order valence-electron chi connectivity index (χ3n) is 1.76. The average Bonchev–Trinajstić information content (AvgIpc) is 2.15. The van der Waals surface area contributed by atoms with Gasteiger partial charge in [0.05, 0.1) is 4.29 Å². The molecule has 0 aromatic heterocycles. The van der Waals surface area contributed by atoms with E-state index < -0.39 is 0 Å². The highest BCUT2D eigenvalue weighted by atomic mass is 79.9. The van der Waals surface area contributed by atoms with Crippen molar-refractivity contribution in [2.24, 2.45) is 0 Å². The molecule has 0 amide bonds. The van der Waals surface area contributed by atoms with Crippen LogP contribution >= 0.6 is 39.1 Å². The predicted molar refractivity (Wildman–Crippen MR) is 63.6 cm³/mol. The molecule has 0 heterocycles. The fraction of sp³-hybridized carbons (Fsp3) is 0.300. The van der Waals surface area contributed by atoms with E-state index in [0.717, 1.165) is 0 Å². The average molecular weight is 296 g/mol. The molecule has 0 saturated carbocycles. The number of carbonyl (C=O) groups excluding carboxylic acids is 1. The summed E-state index contributed by atoms with van der Waals surface area (Å²) in [5.74, 6) is 0.0896. The topological polar surface area (TPSA) is 17.1 Å². The highest BCUT2D eigenvalue weighted by Gasteiger charge is 2.07. The molecule has 0 N–H and O–H groups in total. The molecule has 0 aliphatic rings. The van der Waals surface area contributed by atoms with E-state index in [4.69, 9.17) is 23.2 Å². The Morgan fingerprint density at radius 2 is 1.93 bits per heavy atom. The Morgan fingerprint density at radius 3 is 2.43 bits per heavy atom. The van der Waals surface area contributed by atoms with E-state index in [2.05, 4.69) is 15.9 Å². The Labute approximate surface area is 102 Å². The van der Waals surface area contributed by atoms with Gasteiger partial charge in [-0.25, -0.2) is 0 Å². The van der Waals surface area contributed by atoms with Crippen LogP contribution in [0.5, 0.6) is 0 Å². The molecule has 4 heteroatoms. The molecule has 1 atom stereocenters. The number of halogens is 3. The van der Waals surface area contributed by atoms with Gasteiger partial charge in [-0.3, -0.25) is 4.79 Å². The largest absolute Gasteiger partial charge is 0.294 e. The molecular weight excluding hydrogens is 287 g/mol. The highest BCUT2D eigenvalue weighted by Crippen LogP contribution is 2.16. The summed E-state index contributed by atoms with van der Waals surface area (Å²) in [5, 5.41) is 0.636. The molecular formula is C10H9BrCl2O. The van der Waals surface area contributed by atoms with Crippen molar-refractivity contribution in [3.63, 3.8) is 0 Å². The van der Waals surface area contributed by atoms with Crippen molar-refractivity contribution in [1.29, 1.82) is 0 Å². The maximum Gasteiger partial charge on any atom is 0.162 e. The van der Waals surface area contributed by atoms with Crippen molar-refractivity contribution >= 4 is 44.9 Å². The quantitative estimate of drug-likeness (QED) is 0.599. The SMILES string of the molecule is O=C(CCC(Cl)Br)c1ccc(Cl)cc1. The lowest BCUT2D eigenvalue weighted by molar-refractivity contribution is 0.0981. The third-order valence-corrected chi connectivity index (χ3v) is 2.68. The molecule has 14 heavy (non-hydrogen) atoms. The minimum atomic E-state index is -0.140. The van der Waals surface area contributed by atoms with E-state index in [9.17, 15) is 4.79 Å². The van der Waals surface area contributed by atoms with Crippen molar-refractivity contribution in [3.8, 4) is 0 Å². The molecule has 0 fully saturated rings. The smallest absolute Gasteiger partial charge is 0.162 e. The van der Waals surface area contributed by atoms with Crippen LogP contribution in [0.25, 0.3) is 0 Å². The van der Waals surface area contributed by atoms with Crippen molar-refractivity contribution in [1.82, 2.24) is 0 Å². The zero-order chi connectivity index (χ0) is 10.6. The van der Waals surface area contributed by atoms with Crippen LogP contribution in [0, 0.1) is 0 Å². The summed E-state index contributed by atoms with van der Waals surface area (Å²) in [6.07, 6.45) is 1.07. The van der Waals surface area contributed by atoms with Gasteiger partial charge in [-0.15, -0.1) is 11.6 Å². The van der Waals surface area contributed by atoms with Gasteiger partial charge in [-0.05, 0) is 30.7 Å². The minimum Gasteiger partial charge on any atom is -0.294 e. The summed E-state index contributed by atoms with van der Waals surface area (Å²) < 4.78 is -0.140. The first-order valence-corrected chi connectivity index (χ1v) is 5.89. The number of hydrogen-bond acceptors (Lipinski definition) is 1. The first kappa shape index (κ1) is 12.0. The van der Waals surface area contributed by atoms with E-state index in [1.807, 2.05) is 0 Å². The van der Waals surface area contributed by atoms with Crippen LogP contribution in [-0.4, -0.2) is 10.1 Å². The Balaban J connectivity index is 2.57. The summed E-state index contributed by atoms with van der Waals surface area (Å²) in [7, 11) is 0. The van der Waals surface area contributed by atoms with Crippen LogP contribution in [0.4, 0.5) is 0 Å². The van der Waals surface area contributed by atoms with E-state index in [-0.39, 0.29) is 10.1 Å². The molecule has 0 bridgehead atoms. The number of Topliss-reactive ketones (excluding diaryl/α,β-unsaturated/α-hetero) is 1. The molecule has 1 aromatic carbocycles. The monoisotopic (exact) mass is 294 g/mol. The second kappa shape index (κ2) is 5.74. The van der Waals surface area contributed by atoms with Gasteiger partial charge < -0.3 is 0 Å². The Bertz CT molecular complexity index is 308. The predicted octanol–water partition coefficient (Wildman–Crippen LogP) is 4.26. The Morgan fingerprint density at radius 1 is 1.36 bits per heavy atom. The van der Waals surface area contributed by atoms with E-state index in [1.54, 1.807) is 24.3 Å². The lowest BCUT2D eigenvalue weighted by atomic mass is 10.1. The summed E-state index contributed by atoms with van der Waals surface area (Å²) in [4.78, 5) is 11.5. The summed E-state index contributed by atoms with van der Waals surface area (Å²) in [6.45, 7) is 0. The molecule has 0 radical (unpaired) electrons. The van der Waals surface area contributed by atoms with Crippen LogP contribution in [0.15, 0.2) is 24.3 Å². The molecule has 0 aliphatic carbocycles. The fourth-order valence-electron chi connectivity index (χ4n) is 1.02. The second-order valence-corrected chi connectivity index (χ2v) is 5.46. The van der Waals surface area contributed by atoms with Gasteiger partial charge in [0.1, 0.15) is 0 Å². The van der Waals surface area contributed by atoms with Crippen LogP contribution < -0.4 is 0 Å². The lowest BCUT2D eigenvalue weighted by Crippen LogP contribution is -2.00. The number of carbonyl (C=O) groups is 1. The lowest BCUT2D eigenvalue weighted by Gasteiger charge is -2.01. The highest BCUT2D eigenvalue weighted by molar-refractivity contribution is 9.10. The zero-order valence-corrected chi connectivity index (χ0v) is 10.4. The summed E-state index contributed by atoms with van der Waals surface area (Å²) >= 11 is 14.6. The van der Waals surface area contributed by atoms with E-state index >= 15 is 0 Å². The normalized spacial score (nSPS) is 12.5. The van der Waals surface area contributed by atoms with Gasteiger partial charge in [0.15, 0.2) is 5.78 Å². The number of ketones is 1. The molecule has 76 valence electrons. The zero-order valence-electron chi connectivity index (χ0n) is 7.34.